The molecule has 0 spiro atoms. The van der Waals surface area contributed by atoms with Gasteiger partial charge in [0.25, 0.3) is 0 Å². The fourth-order valence-electron chi connectivity index (χ4n) is 2.05. The molecule has 0 saturated heterocycles. The van der Waals surface area contributed by atoms with Crippen LogP contribution >= 0.6 is 34.8 Å². The van der Waals surface area contributed by atoms with Crippen molar-refractivity contribution in [1.82, 2.24) is 5.32 Å². The molecule has 1 N–H and O–H groups in total. The molecule has 0 aliphatic heterocycles. The van der Waals surface area contributed by atoms with Gasteiger partial charge in [0.15, 0.2) is 0 Å². The van der Waals surface area contributed by atoms with Crippen LogP contribution in [0.25, 0.3) is 0 Å². The van der Waals surface area contributed by atoms with Crippen LogP contribution in [0.15, 0.2) is 36.4 Å². The molecule has 1 nitrogen and oxygen atoms in total. The number of hydrogen-bond donors (Lipinski definition) is 1. The lowest BCUT2D eigenvalue weighted by Crippen LogP contribution is -2.22. The molecule has 2 aromatic carbocycles. The topological polar surface area (TPSA) is 12.0 Å². The van der Waals surface area contributed by atoms with Crippen LogP contribution in [0.4, 0.5) is 4.39 Å². The molecule has 0 aliphatic rings. The second kappa shape index (κ2) is 6.77. The molecule has 0 bridgehead atoms. The Kier molecular flexibility index (Phi) is 5.28. The summed E-state index contributed by atoms with van der Waals surface area (Å²) in [5.41, 5.74) is 1.56. The van der Waals surface area contributed by atoms with E-state index in [1.807, 2.05) is 13.0 Å². The van der Waals surface area contributed by atoms with E-state index in [-0.39, 0.29) is 11.1 Å². The van der Waals surface area contributed by atoms with Crippen molar-refractivity contribution in [3.05, 3.63) is 68.4 Å². The molecule has 106 valence electrons. The summed E-state index contributed by atoms with van der Waals surface area (Å²) in [6.07, 6.45) is 0. The number of benzene rings is 2. The van der Waals surface area contributed by atoms with Crippen LogP contribution in [-0.2, 0) is 0 Å². The molecule has 20 heavy (non-hydrogen) atoms. The first-order valence-electron chi connectivity index (χ1n) is 6.16. The zero-order valence-corrected chi connectivity index (χ0v) is 13.0. The normalized spacial score (nSPS) is 12.4. The number of rotatable bonds is 4. The van der Waals surface area contributed by atoms with Crippen LogP contribution in [0.2, 0.25) is 15.1 Å². The van der Waals surface area contributed by atoms with Crippen molar-refractivity contribution in [1.29, 1.82) is 0 Å². The van der Waals surface area contributed by atoms with Crippen molar-refractivity contribution >= 4 is 34.8 Å². The Balaban J connectivity index is 2.50. The van der Waals surface area contributed by atoms with Crippen LogP contribution in [0.3, 0.4) is 0 Å². The van der Waals surface area contributed by atoms with Crippen LogP contribution in [0, 0.1) is 5.82 Å². The molecular weight excluding hydrogens is 320 g/mol. The minimum absolute atomic E-state index is 0.115. The highest BCUT2D eigenvalue weighted by atomic mass is 35.5. The first-order chi connectivity index (χ1) is 9.54. The molecule has 1 unspecified atom stereocenters. The van der Waals surface area contributed by atoms with Crippen LogP contribution in [0.5, 0.6) is 0 Å². The van der Waals surface area contributed by atoms with E-state index >= 15 is 0 Å². The van der Waals surface area contributed by atoms with E-state index in [2.05, 4.69) is 5.32 Å². The van der Waals surface area contributed by atoms with E-state index < -0.39 is 5.82 Å². The predicted molar refractivity (Wildman–Crippen MR) is 83.4 cm³/mol. The summed E-state index contributed by atoms with van der Waals surface area (Å²) in [6.45, 7) is 2.68. The lowest BCUT2D eigenvalue weighted by atomic mass is 9.98. The maximum absolute atomic E-state index is 13.6. The molecule has 0 aromatic heterocycles. The number of hydrogen-bond acceptors (Lipinski definition) is 1. The zero-order valence-electron chi connectivity index (χ0n) is 10.8. The summed E-state index contributed by atoms with van der Waals surface area (Å²) >= 11 is 18.0. The van der Waals surface area contributed by atoms with Gasteiger partial charge < -0.3 is 5.32 Å². The van der Waals surface area contributed by atoms with Gasteiger partial charge in [-0.05, 0) is 35.9 Å². The van der Waals surface area contributed by atoms with Crippen LogP contribution in [-0.4, -0.2) is 6.54 Å². The molecule has 2 aromatic rings. The van der Waals surface area contributed by atoms with Gasteiger partial charge in [0, 0.05) is 0 Å². The third-order valence-electron chi connectivity index (χ3n) is 2.98. The monoisotopic (exact) mass is 331 g/mol. The van der Waals surface area contributed by atoms with Crippen molar-refractivity contribution in [2.24, 2.45) is 0 Å². The highest BCUT2D eigenvalue weighted by Crippen LogP contribution is 2.33. The van der Waals surface area contributed by atoms with E-state index in [4.69, 9.17) is 34.8 Å². The maximum atomic E-state index is 13.6. The third-order valence-corrected chi connectivity index (χ3v) is 4.12. The van der Waals surface area contributed by atoms with Crippen LogP contribution in [0.1, 0.15) is 24.1 Å². The summed E-state index contributed by atoms with van der Waals surface area (Å²) < 4.78 is 13.6. The molecule has 0 heterocycles. The standard InChI is InChI=1S/C15H13Cl3FN/c1-2-20-15(9-6-7-11(16)12(17)8-9)10-4-3-5-13(19)14(10)18/h3-8,15,20H,2H2,1H3. The average molecular weight is 333 g/mol. The van der Waals surface area contributed by atoms with E-state index in [0.717, 1.165) is 5.56 Å². The molecule has 2 rings (SSSR count). The Morgan fingerprint density at radius 1 is 1.10 bits per heavy atom. The Labute approximate surface area is 132 Å². The summed E-state index contributed by atoms with van der Waals surface area (Å²) in [5.74, 6) is -0.438. The van der Waals surface area contributed by atoms with E-state index in [0.29, 0.717) is 22.2 Å². The van der Waals surface area contributed by atoms with Crippen molar-refractivity contribution in [3.8, 4) is 0 Å². The van der Waals surface area contributed by atoms with Gasteiger partial charge in [0.2, 0.25) is 0 Å². The van der Waals surface area contributed by atoms with Crippen molar-refractivity contribution < 1.29 is 4.39 Å². The Morgan fingerprint density at radius 2 is 1.85 bits per heavy atom. The molecular formula is C15H13Cl3FN. The third kappa shape index (κ3) is 3.26. The molecule has 0 radical (unpaired) electrons. The second-order valence-corrected chi connectivity index (χ2v) is 5.50. The average Bonchev–Trinajstić information content (AvgIpc) is 2.43. The molecule has 0 saturated carbocycles. The fraction of sp³-hybridized carbons (Fsp3) is 0.200. The number of nitrogens with one attached hydrogen (secondary N) is 1. The van der Waals surface area contributed by atoms with E-state index in [9.17, 15) is 4.39 Å². The maximum Gasteiger partial charge on any atom is 0.142 e. The van der Waals surface area contributed by atoms with Gasteiger partial charge in [0.05, 0.1) is 21.1 Å². The van der Waals surface area contributed by atoms with Crippen molar-refractivity contribution in [2.45, 2.75) is 13.0 Å². The fourth-order valence-corrected chi connectivity index (χ4v) is 2.59. The Hall–Kier alpha value is -0.800. The minimum Gasteiger partial charge on any atom is -0.306 e. The first-order valence-corrected chi connectivity index (χ1v) is 7.30. The van der Waals surface area contributed by atoms with Gasteiger partial charge in [-0.1, -0.05) is 59.9 Å². The summed E-state index contributed by atoms with van der Waals surface area (Å²) in [4.78, 5) is 0. The Morgan fingerprint density at radius 3 is 2.50 bits per heavy atom. The van der Waals surface area contributed by atoms with Crippen LogP contribution < -0.4 is 5.32 Å². The van der Waals surface area contributed by atoms with E-state index in [1.54, 1.807) is 24.3 Å². The minimum atomic E-state index is -0.438. The van der Waals surface area contributed by atoms with Gasteiger partial charge >= 0.3 is 0 Å². The van der Waals surface area contributed by atoms with Gasteiger partial charge in [-0.2, -0.15) is 0 Å². The number of halogens is 4. The first kappa shape index (κ1) is 15.6. The highest BCUT2D eigenvalue weighted by Gasteiger charge is 2.18. The lowest BCUT2D eigenvalue weighted by Gasteiger charge is -2.20. The predicted octanol–water partition coefficient (Wildman–Crippen LogP) is 5.48. The molecule has 0 aliphatic carbocycles. The molecule has 0 fully saturated rings. The van der Waals surface area contributed by atoms with Crippen molar-refractivity contribution in [2.75, 3.05) is 6.54 Å². The zero-order chi connectivity index (χ0) is 14.7. The van der Waals surface area contributed by atoms with Gasteiger partial charge in [-0.15, -0.1) is 0 Å². The van der Waals surface area contributed by atoms with Gasteiger partial charge in [0.1, 0.15) is 5.82 Å². The second-order valence-electron chi connectivity index (χ2n) is 4.31. The summed E-state index contributed by atoms with van der Waals surface area (Å²) in [7, 11) is 0. The molecule has 1 atom stereocenters. The molecule has 0 amide bonds. The summed E-state index contributed by atoms with van der Waals surface area (Å²) in [6, 6.07) is 9.86. The van der Waals surface area contributed by atoms with E-state index in [1.165, 1.54) is 6.07 Å². The van der Waals surface area contributed by atoms with Gasteiger partial charge in [-0.3, -0.25) is 0 Å². The quantitative estimate of drug-likeness (QED) is 0.781. The summed E-state index contributed by atoms with van der Waals surface area (Å²) in [5, 5.41) is 4.33. The largest absolute Gasteiger partial charge is 0.306 e. The Bertz CT molecular complexity index is 616. The van der Waals surface area contributed by atoms with Gasteiger partial charge in [-0.25, -0.2) is 4.39 Å². The lowest BCUT2D eigenvalue weighted by molar-refractivity contribution is 0.604. The SMILES string of the molecule is CCNC(c1ccc(Cl)c(Cl)c1)c1cccc(F)c1Cl. The highest BCUT2D eigenvalue weighted by molar-refractivity contribution is 6.42. The van der Waals surface area contributed by atoms with Crippen molar-refractivity contribution in [3.63, 3.8) is 0 Å². The smallest absolute Gasteiger partial charge is 0.142 e. The molecule has 5 heteroatoms.